The number of nitrogens with zero attached hydrogens (tertiary/aromatic N) is 1. The van der Waals surface area contributed by atoms with Crippen LogP contribution in [0.5, 0.6) is 0 Å². The lowest BCUT2D eigenvalue weighted by atomic mass is 9.81. The van der Waals surface area contributed by atoms with E-state index in [1.165, 1.54) is 81.2 Å². The molecule has 2 spiro atoms. The molecule has 3 aliphatic rings. The first-order chi connectivity index (χ1) is 12.3. The van der Waals surface area contributed by atoms with E-state index in [0.717, 1.165) is 0 Å². The normalized spacial score (nSPS) is 27.2. The van der Waals surface area contributed by atoms with Crippen molar-refractivity contribution in [1.29, 1.82) is 0 Å². The largest absolute Gasteiger partial charge is 0.355 e. The van der Waals surface area contributed by atoms with Crippen molar-refractivity contribution in [1.82, 2.24) is 0 Å². The first-order valence-corrected chi connectivity index (χ1v) is 10.7. The number of quaternary nitrogens is 1. The Balaban J connectivity index is 0.000000349. The van der Waals surface area contributed by atoms with Gasteiger partial charge in [-0.25, -0.2) is 18.6 Å². The second-order valence-electron chi connectivity index (χ2n) is 7.98. The molecule has 2 aliphatic heterocycles. The molecule has 0 N–H and O–H groups in total. The molecule has 1 saturated carbocycles. The van der Waals surface area contributed by atoms with E-state index in [4.69, 9.17) is 23.4 Å². The average Bonchev–Trinajstić information content (AvgIpc) is 3.01. The minimum absolute atomic E-state index is 0.182. The van der Waals surface area contributed by atoms with Crippen LogP contribution in [0.15, 0.2) is 30.3 Å². The summed E-state index contributed by atoms with van der Waals surface area (Å²) < 4.78 is 42.1. The number of rotatable bonds is 1. The average molecular weight is 386 g/mol. The predicted molar refractivity (Wildman–Crippen MR) is 85.0 cm³/mol. The monoisotopic (exact) mass is 385 g/mol. The number of halogens is 1. The van der Waals surface area contributed by atoms with E-state index in [9.17, 15) is 0 Å². The molecule has 1 unspecified atom stereocenters. The fraction of sp³-hybridized carbons (Fsp3) is 0.684. The fourth-order valence-corrected chi connectivity index (χ4v) is 5.06. The van der Waals surface area contributed by atoms with Gasteiger partial charge in [0.25, 0.3) is 0 Å². The topological polar surface area (TPSA) is 101 Å². The molecule has 7 heteroatoms. The quantitative estimate of drug-likeness (QED) is 0.596. The van der Waals surface area contributed by atoms with E-state index >= 15 is 0 Å². The van der Waals surface area contributed by atoms with Gasteiger partial charge in [0.05, 0.1) is 13.1 Å². The summed E-state index contributed by atoms with van der Waals surface area (Å²) in [6.45, 7) is 5.25. The van der Waals surface area contributed by atoms with Crippen LogP contribution in [-0.4, -0.2) is 36.3 Å². The van der Waals surface area contributed by atoms with Crippen molar-refractivity contribution in [2.45, 2.75) is 56.7 Å². The van der Waals surface area contributed by atoms with Gasteiger partial charge in [0, 0.05) is 12.8 Å². The summed E-state index contributed by atoms with van der Waals surface area (Å²) in [5.41, 5.74) is 1.58. The maximum atomic E-state index is 8.49. The van der Waals surface area contributed by atoms with Crippen molar-refractivity contribution in [3.63, 3.8) is 0 Å². The molecule has 26 heavy (non-hydrogen) atoms. The molecular formula is C19H28ClNO5. The molecule has 0 radical (unpaired) electrons. The van der Waals surface area contributed by atoms with Gasteiger partial charge in [-0.3, -0.25) is 0 Å². The summed E-state index contributed by atoms with van der Waals surface area (Å²) >= 11 is 0. The highest BCUT2D eigenvalue weighted by molar-refractivity contribution is 5.18. The van der Waals surface area contributed by atoms with Gasteiger partial charge in [0.1, 0.15) is 24.8 Å². The summed E-state index contributed by atoms with van der Waals surface area (Å²) in [4.78, 5) is 0. The number of hydrogen-bond donors (Lipinski definition) is 0. The smallest absolute Gasteiger partial charge is 0.132 e. The van der Waals surface area contributed by atoms with E-state index in [0.29, 0.717) is 6.10 Å². The molecule has 1 aromatic carbocycles. The highest BCUT2D eigenvalue weighted by Gasteiger charge is 2.51. The van der Waals surface area contributed by atoms with Crippen LogP contribution in [0.1, 0.15) is 56.6 Å². The molecule has 0 aromatic heterocycles. The van der Waals surface area contributed by atoms with E-state index < -0.39 is 10.2 Å². The number of ether oxygens (including phenoxy) is 1. The highest BCUT2D eigenvalue weighted by Crippen LogP contribution is 2.44. The summed E-state index contributed by atoms with van der Waals surface area (Å²) in [6, 6.07) is 11.0. The Bertz CT molecular complexity index is 559. The van der Waals surface area contributed by atoms with Crippen molar-refractivity contribution < 1.29 is 38.1 Å². The number of hydrogen-bond acceptors (Lipinski definition) is 5. The summed E-state index contributed by atoms with van der Waals surface area (Å²) in [5.74, 6) is 0. The van der Waals surface area contributed by atoms with E-state index in [-0.39, 0.29) is 5.60 Å². The highest BCUT2D eigenvalue weighted by atomic mass is 35.7. The summed E-state index contributed by atoms with van der Waals surface area (Å²) in [7, 11) is -4.94. The van der Waals surface area contributed by atoms with Crippen molar-refractivity contribution in [2.24, 2.45) is 0 Å². The standard InChI is InChI=1S/C19H28NO.ClHO4/c1-3-9-17(10-4-1)18-15-20(13-7-8-14-20)16-19(21-18)11-5-2-6-12-19;2-1(3,4)5/h1,3-4,9-10,18H,2,5-8,11-16H2;(H,2,3,4,5)/q+1;/p-1. The first-order valence-electron chi connectivity index (χ1n) is 9.49. The third kappa shape index (κ3) is 5.39. The molecule has 2 heterocycles. The molecule has 146 valence electrons. The minimum Gasteiger partial charge on any atom is -0.355 e. The SMILES string of the molecule is [O-][Cl+3]([O-])([O-])[O-].c1ccc(C2C[N+]3(CCCC3)CC3(CCCCC3)O2)cc1. The lowest BCUT2D eigenvalue weighted by Crippen LogP contribution is -2.68. The Morgan fingerprint density at radius 2 is 1.46 bits per heavy atom. The second kappa shape index (κ2) is 8.10. The van der Waals surface area contributed by atoms with Crippen molar-refractivity contribution >= 4 is 0 Å². The van der Waals surface area contributed by atoms with Gasteiger partial charge in [0.15, 0.2) is 0 Å². The first kappa shape index (κ1) is 20.0. The van der Waals surface area contributed by atoms with Crippen LogP contribution < -0.4 is 18.6 Å². The number of morpholine rings is 1. The third-order valence-electron chi connectivity index (χ3n) is 6.02. The van der Waals surface area contributed by atoms with Crippen LogP contribution >= 0.6 is 0 Å². The van der Waals surface area contributed by atoms with Gasteiger partial charge >= 0.3 is 0 Å². The zero-order valence-electron chi connectivity index (χ0n) is 15.1. The molecule has 4 rings (SSSR count). The molecule has 6 nitrogen and oxygen atoms in total. The maximum Gasteiger partial charge on any atom is 0.132 e. The zero-order chi connectivity index (χ0) is 18.7. The van der Waals surface area contributed by atoms with Crippen molar-refractivity contribution in [3.05, 3.63) is 35.9 Å². The van der Waals surface area contributed by atoms with Gasteiger partial charge in [-0.1, -0.05) is 49.6 Å². The summed E-state index contributed by atoms with van der Waals surface area (Å²) in [6.07, 6.45) is 9.85. The van der Waals surface area contributed by atoms with Crippen LogP contribution in [-0.2, 0) is 4.74 Å². The van der Waals surface area contributed by atoms with Gasteiger partial charge in [-0.05, 0) is 18.4 Å². The maximum absolute atomic E-state index is 8.49. The Morgan fingerprint density at radius 1 is 0.885 bits per heavy atom. The molecule has 1 aliphatic carbocycles. The van der Waals surface area contributed by atoms with E-state index in [1.54, 1.807) is 0 Å². The Kier molecular flexibility index (Phi) is 6.24. The molecule has 0 bridgehead atoms. The Labute approximate surface area is 157 Å². The minimum atomic E-state index is -4.94. The number of benzene rings is 1. The fourth-order valence-electron chi connectivity index (χ4n) is 5.06. The molecular weight excluding hydrogens is 358 g/mol. The van der Waals surface area contributed by atoms with Crippen molar-refractivity contribution in [2.75, 3.05) is 26.2 Å². The van der Waals surface area contributed by atoms with Gasteiger partial charge in [-0.15, -0.1) is 10.2 Å². The Hall–Kier alpha value is -0.730. The van der Waals surface area contributed by atoms with Crippen LogP contribution in [0.25, 0.3) is 0 Å². The van der Waals surface area contributed by atoms with Gasteiger partial charge in [0.2, 0.25) is 0 Å². The van der Waals surface area contributed by atoms with Gasteiger partial charge < -0.3 is 9.22 Å². The second-order valence-corrected chi connectivity index (χ2v) is 8.73. The summed E-state index contributed by atoms with van der Waals surface area (Å²) in [5, 5.41) is 0. The molecule has 2 saturated heterocycles. The molecule has 1 aromatic rings. The Morgan fingerprint density at radius 3 is 2.04 bits per heavy atom. The molecule has 0 amide bonds. The van der Waals surface area contributed by atoms with E-state index in [1.807, 2.05) is 0 Å². The lowest BCUT2D eigenvalue weighted by molar-refractivity contribution is -2.00. The third-order valence-corrected chi connectivity index (χ3v) is 6.02. The van der Waals surface area contributed by atoms with Crippen LogP contribution in [0, 0.1) is 10.2 Å². The van der Waals surface area contributed by atoms with Crippen LogP contribution in [0.3, 0.4) is 0 Å². The van der Waals surface area contributed by atoms with E-state index in [2.05, 4.69) is 30.3 Å². The van der Waals surface area contributed by atoms with Crippen LogP contribution in [0.2, 0.25) is 0 Å². The molecule has 3 fully saturated rings. The van der Waals surface area contributed by atoms with Crippen LogP contribution in [0.4, 0.5) is 0 Å². The lowest BCUT2D eigenvalue weighted by Gasteiger charge is -2.52. The molecule has 1 atom stereocenters. The van der Waals surface area contributed by atoms with Crippen molar-refractivity contribution in [3.8, 4) is 0 Å². The predicted octanol–water partition coefficient (Wildman–Crippen LogP) is -0.685. The zero-order valence-corrected chi connectivity index (χ0v) is 15.9. The van der Waals surface area contributed by atoms with Gasteiger partial charge in [-0.2, -0.15) is 0 Å².